The molecule has 2 aliphatic heterocycles. The third-order valence-corrected chi connectivity index (χ3v) is 16.6. The Morgan fingerprint density at radius 3 is 1.15 bits per heavy atom. The summed E-state index contributed by atoms with van der Waals surface area (Å²) >= 11 is 0. The van der Waals surface area contributed by atoms with Crippen molar-refractivity contribution in [2.24, 2.45) is 16.2 Å². The molecule has 11 aromatic carbocycles. The molecule has 0 spiro atoms. The van der Waals surface area contributed by atoms with Gasteiger partial charge in [0.25, 0.3) is 6.71 Å². The Morgan fingerprint density at radius 2 is 0.744 bits per heavy atom. The Hall–Kier alpha value is -9.32. The Kier molecular flexibility index (Phi) is 9.77. The highest BCUT2D eigenvalue weighted by Gasteiger charge is 2.44. The van der Waals surface area contributed by atoms with Gasteiger partial charge in [-0.25, -0.2) is 0 Å². The van der Waals surface area contributed by atoms with Gasteiger partial charge in [-0.1, -0.05) is 208 Å². The van der Waals surface area contributed by atoms with E-state index in [0.717, 1.165) is 78.3 Å². The molecule has 4 nitrogen and oxygen atoms in total. The third kappa shape index (κ3) is 9.40. The highest BCUT2D eigenvalue weighted by atomic mass is 15.2. The number of benzene rings is 11. The van der Waals surface area contributed by atoms with E-state index in [4.69, 9.17) is 5.48 Å². The average molecular weight is 1130 g/mol. The molecule has 2 aromatic heterocycles. The summed E-state index contributed by atoms with van der Waals surface area (Å²) in [4.78, 5) is 4.68. The number of hydrogen-bond donors (Lipinski definition) is 0. The zero-order valence-corrected chi connectivity index (χ0v) is 50.0. The minimum atomic E-state index is -1.81. The van der Waals surface area contributed by atoms with E-state index in [2.05, 4.69) is 140 Å². The van der Waals surface area contributed by atoms with Gasteiger partial charge in [0.05, 0.1) is 33.0 Å². The molecule has 13 aromatic rings. The molecule has 0 radical (unpaired) electrons. The summed E-state index contributed by atoms with van der Waals surface area (Å²) in [5.41, 5.74) is 15.5. The molecule has 5 heteroatoms. The van der Waals surface area contributed by atoms with Crippen molar-refractivity contribution in [3.05, 3.63) is 259 Å². The Bertz CT molecular complexity index is 5140. The molecular formula is C81H73BN4. The van der Waals surface area contributed by atoms with E-state index in [1.165, 1.54) is 0 Å². The number of hydrogen-bond acceptors (Lipinski definition) is 2. The first-order valence-electron chi connectivity index (χ1n) is 35.8. The van der Waals surface area contributed by atoms with Crippen LogP contribution in [0.4, 0.5) is 34.1 Å². The number of para-hydroxylation sites is 2. The van der Waals surface area contributed by atoms with E-state index >= 15 is 0 Å². The summed E-state index contributed by atoms with van der Waals surface area (Å²) in [7, 11) is 0. The zero-order valence-electron chi connectivity index (χ0n) is 62.0. The maximum atomic E-state index is 9.69. The van der Waals surface area contributed by atoms with Crippen LogP contribution in [0.1, 0.15) is 95.5 Å². The van der Waals surface area contributed by atoms with Crippen LogP contribution in [0.3, 0.4) is 0 Å². The van der Waals surface area contributed by atoms with Crippen molar-refractivity contribution in [1.82, 2.24) is 9.13 Å². The molecule has 0 atom stereocenters. The molecule has 0 amide bonds. The molecule has 0 bridgehead atoms. The second kappa shape index (κ2) is 20.2. The Balaban J connectivity index is 1.04. The standard InChI is InChI=1S/C81H73BN4/c1-79(2,3)50-53-28-42-72-66(44-53)64-24-16-18-26-70(64)85(72)62-38-40-68-74(48-62)83(60-34-30-58(31-35-60)56-20-12-10-13-21-56)76-46-55(52-81(7,8)9)47-77-78(76)82(68)69-41-39-63(49-75(69)84(77)61-36-32-59(33-37-61)57-22-14-11-15-23-57)86-71-27-19-17-25-65(71)67-45-54(29-43-73(67)86)51-80(4,5)6/h10-49H,50-52H2,1-9H3/i16D,17D,18D,19D,24D,25D,26D,27D,50D2,51D2. The maximum absolute atomic E-state index is 9.69. The molecule has 0 saturated heterocycles. The fourth-order valence-corrected chi connectivity index (χ4v) is 13.4. The second-order valence-electron chi connectivity index (χ2n) is 26.5. The van der Waals surface area contributed by atoms with Crippen molar-refractivity contribution in [3.8, 4) is 33.6 Å². The van der Waals surface area contributed by atoms with Crippen LogP contribution in [-0.2, 0) is 19.2 Å². The molecule has 86 heavy (non-hydrogen) atoms. The molecule has 0 fully saturated rings. The van der Waals surface area contributed by atoms with E-state index in [-0.39, 0.29) is 64.8 Å². The van der Waals surface area contributed by atoms with Gasteiger partial charge in [0.1, 0.15) is 0 Å². The van der Waals surface area contributed by atoms with Crippen LogP contribution >= 0.6 is 0 Å². The van der Waals surface area contributed by atoms with Crippen LogP contribution < -0.4 is 26.2 Å². The van der Waals surface area contributed by atoms with Crippen molar-refractivity contribution >= 4 is 101 Å². The van der Waals surface area contributed by atoms with E-state index in [0.29, 0.717) is 61.5 Å². The average Bonchev–Trinajstić information content (AvgIpc) is 1.03. The monoisotopic (exact) mass is 1120 g/mol. The van der Waals surface area contributed by atoms with Crippen LogP contribution in [0, 0.1) is 16.2 Å². The Morgan fingerprint density at radius 1 is 0.349 bits per heavy atom. The molecule has 0 unspecified atom stereocenters. The molecule has 0 saturated carbocycles. The van der Waals surface area contributed by atoms with Crippen LogP contribution in [0.25, 0.3) is 77.2 Å². The van der Waals surface area contributed by atoms with Gasteiger partial charge in [0, 0.05) is 72.5 Å². The minimum absolute atomic E-state index is 0.184. The predicted molar refractivity (Wildman–Crippen MR) is 369 cm³/mol. The quantitative estimate of drug-likeness (QED) is 0.134. The van der Waals surface area contributed by atoms with Gasteiger partial charge in [0.15, 0.2) is 0 Å². The van der Waals surface area contributed by atoms with Crippen molar-refractivity contribution in [3.63, 3.8) is 0 Å². The van der Waals surface area contributed by atoms with Gasteiger partial charge in [-0.3, -0.25) is 0 Å². The van der Waals surface area contributed by atoms with E-state index < -0.39 is 30.3 Å². The number of aromatic nitrogens is 2. The van der Waals surface area contributed by atoms with E-state index in [1.807, 2.05) is 111 Å². The summed E-state index contributed by atoms with van der Waals surface area (Å²) in [6.45, 7) is 17.4. The lowest BCUT2D eigenvalue weighted by molar-refractivity contribution is 0.411. The van der Waals surface area contributed by atoms with Crippen LogP contribution in [0.5, 0.6) is 0 Å². The van der Waals surface area contributed by atoms with Gasteiger partial charge < -0.3 is 18.9 Å². The molecular weight excluding hydrogens is 1040 g/mol. The largest absolute Gasteiger partial charge is 0.311 e. The molecule has 15 rings (SSSR count). The lowest BCUT2D eigenvalue weighted by Crippen LogP contribution is -2.61. The SMILES string of the molecule is [2H]c1c([2H])c([2H])c2c(c1[2H])c1cc(C([2H])([2H])C(C)(C)C)ccc1n2-c1ccc2c(c1)N(c1ccc(-c3ccccc3)cc1)c1cc(CC(C)(C)C)cc3c1B2c1ccc(-n2c4ccc(C([2H])([2H])C(C)(C)C)cc4c4c([2H])c([2H])c([2H])c([2H])c42)cc1N3c1ccc(-c2ccccc2)cc1. The summed E-state index contributed by atoms with van der Waals surface area (Å²) in [5.74, 6) is 0. The van der Waals surface area contributed by atoms with Crippen LogP contribution in [0.15, 0.2) is 242 Å². The Labute approximate surface area is 524 Å². The van der Waals surface area contributed by atoms with Crippen molar-refractivity contribution in [2.45, 2.75) is 81.5 Å². The summed E-state index contributed by atoms with van der Waals surface area (Å²) in [6, 6.07) is 63.5. The lowest BCUT2D eigenvalue weighted by Gasteiger charge is -2.45. The van der Waals surface area contributed by atoms with Gasteiger partial charge >= 0.3 is 0 Å². The van der Waals surface area contributed by atoms with Crippen LogP contribution in [-0.4, -0.2) is 15.8 Å². The molecule has 2 aliphatic rings. The number of rotatable bonds is 9. The van der Waals surface area contributed by atoms with Gasteiger partial charge in [0.2, 0.25) is 0 Å². The summed E-state index contributed by atoms with van der Waals surface area (Å²) < 4.78 is 116. The molecule has 4 heterocycles. The zero-order chi connectivity index (χ0) is 69.4. The third-order valence-electron chi connectivity index (χ3n) is 16.6. The fourth-order valence-electron chi connectivity index (χ4n) is 13.4. The first kappa shape index (κ1) is 41.7. The van der Waals surface area contributed by atoms with E-state index in [9.17, 15) is 11.0 Å². The highest BCUT2D eigenvalue weighted by Crippen LogP contribution is 2.48. The normalized spacial score (nSPS) is 15.6. The lowest BCUT2D eigenvalue weighted by atomic mass is 9.33. The summed E-state index contributed by atoms with van der Waals surface area (Å²) in [5, 5.41) is 1.60. The topological polar surface area (TPSA) is 16.3 Å². The highest BCUT2D eigenvalue weighted by molar-refractivity contribution is 7.00. The van der Waals surface area contributed by atoms with Gasteiger partial charge in [-0.2, -0.15) is 0 Å². The number of nitrogens with zero attached hydrogens (tertiary/aromatic N) is 4. The molecule has 0 N–H and O–H groups in total. The smallest absolute Gasteiger partial charge is 0.252 e. The van der Waals surface area contributed by atoms with Gasteiger partial charge in [-0.15, -0.1) is 0 Å². The van der Waals surface area contributed by atoms with Crippen LogP contribution in [0.2, 0.25) is 0 Å². The molecule has 420 valence electrons. The number of fused-ring (bicyclic) bond motifs is 10. The first-order valence-corrected chi connectivity index (χ1v) is 29.8. The van der Waals surface area contributed by atoms with E-state index in [1.54, 1.807) is 24.3 Å². The van der Waals surface area contributed by atoms with Gasteiger partial charge in [-0.05, 0) is 188 Å². The minimum Gasteiger partial charge on any atom is -0.311 e. The van der Waals surface area contributed by atoms with Crippen molar-refractivity contribution in [2.75, 3.05) is 9.80 Å². The maximum Gasteiger partial charge on any atom is 0.252 e. The van der Waals surface area contributed by atoms with Crippen molar-refractivity contribution < 1.29 is 16.4 Å². The fraction of sp³-hybridized carbons (Fsp3) is 0.185. The second-order valence-corrected chi connectivity index (χ2v) is 26.5. The first-order chi connectivity index (χ1) is 46.4. The van der Waals surface area contributed by atoms with Crippen molar-refractivity contribution in [1.29, 1.82) is 0 Å². The molecule has 0 aliphatic carbocycles. The summed E-state index contributed by atoms with van der Waals surface area (Å²) in [6.07, 6.45) is -2.94. The predicted octanol–water partition coefficient (Wildman–Crippen LogP) is 20.1. The number of anilines is 6.